The molecule has 2 aromatic heterocycles. The first-order valence-electron chi connectivity index (χ1n) is 9.34. The number of likely N-dealkylation sites (N-methyl/N-ethyl adjacent to an activating group) is 1. The van der Waals surface area contributed by atoms with Gasteiger partial charge in [-0.25, -0.2) is 0 Å². The number of H-pyrrole nitrogens is 1. The predicted molar refractivity (Wildman–Crippen MR) is 103 cm³/mol. The number of carbonyl (C=O) groups excluding carboxylic acids is 1. The van der Waals surface area contributed by atoms with Crippen LogP contribution in [0.2, 0.25) is 0 Å². The average molecular weight is 364 g/mol. The summed E-state index contributed by atoms with van der Waals surface area (Å²) in [5, 5.41) is 15.1. The maximum atomic E-state index is 13.3. The fourth-order valence-electron chi connectivity index (χ4n) is 3.63. The van der Waals surface area contributed by atoms with Crippen molar-refractivity contribution in [3.05, 3.63) is 46.4 Å². The maximum Gasteiger partial charge on any atom is 0.254 e. The van der Waals surface area contributed by atoms with E-state index in [0.29, 0.717) is 18.3 Å². The third-order valence-corrected chi connectivity index (χ3v) is 5.19. The van der Waals surface area contributed by atoms with Gasteiger partial charge in [-0.3, -0.25) is 9.78 Å². The lowest BCUT2D eigenvalue weighted by atomic mass is 9.99. The summed E-state index contributed by atoms with van der Waals surface area (Å²) >= 11 is 0. The molecule has 1 N–H and O–H groups in total. The molecular formula is C20H24N6O. The summed E-state index contributed by atoms with van der Waals surface area (Å²) in [5.41, 5.74) is 4.96. The van der Waals surface area contributed by atoms with Crippen LogP contribution in [0.3, 0.4) is 0 Å². The van der Waals surface area contributed by atoms with Crippen molar-refractivity contribution < 1.29 is 4.79 Å². The number of rotatable bonds is 5. The molecule has 1 atom stereocenters. The molecule has 1 aliphatic carbocycles. The van der Waals surface area contributed by atoms with Gasteiger partial charge in [0.1, 0.15) is 0 Å². The third-order valence-electron chi connectivity index (χ3n) is 5.19. The first kappa shape index (κ1) is 17.6. The van der Waals surface area contributed by atoms with Gasteiger partial charge in [0, 0.05) is 36.5 Å². The maximum absolute atomic E-state index is 13.3. The first-order chi connectivity index (χ1) is 12.9. The average Bonchev–Trinajstić information content (AvgIpc) is 3.34. The van der Waals surface area contributed by atoms with Gasteiger partial charge in [-0.2, -0.15) is 5.21 Å². The van der Waals surface area contributed by atoms with E-state index in [1.807, 2.05) is 20.0 Å². The number of benzene rings is 1. The van der Waals surface area contributed by atoms with Crippen molar-refractivity contribution in [2.45, 2.75) is 45.4 Å². The zero-order valence-electron chi connectivity index (χ0n) is 16.2. The normalized spacial score (nSPS) is 15.1. The number of fused-ring (bicyclic) bond motifs is 1. The number of hydrogen-bond donors (Lipinski definition) is 1. The lowest BCUT2D eigenvalue weighted by Crippen LogP contribution is -2.31. The number of nitrogens with zero attached hydrogens (tertiary/aromatic N) is 5. The third kappa shape index (κ3) is 3.41. The molecule has 140 valence electrons. The summed E-state index contributed by atoms with van der Waals surface area (Å²) in [6, 6.07) is 6.19. The number of aromatic nitrogens is 5. The van der Waals surface area contributed by atoms with Crippen LogP contribution in [0.25, 0.3) is 10.9 Å². The van der Waals surface area contributed by atoms with Gasteiger partial charge in [0.2, 0.25) is 0 Å². The lowest BCUT2D eigenvalue weighted by molar-refractivity contribution is 0.0789. The van der Waals surface area contributed by atoms with E-state index in [1.54, 1.807) is 4.90 Å². The van der Waals surface area contributed by atoms with Crippen molar-refractivity contribution in [1.29, 1.82) is 0 Å². The molecular weight excluding hydrogens is 340 g/mol. The second-order valence-corrected chi connectivity index (χ2v) is 7.70. The van der Waals surface area contributed by atoms with Gasteiger partial charge in [-0.15, -0.1) is 10.2 Å². The van der Waals surface area contributed by atoms with E-state index < -0.39 is 0 Å². The number of aryl methyl sites for hydroxylation is 2. The van der Waals surface area contributed by atoms with E-state index in [2.05, 4.69) is 46.6 Å². The molecule has 7 nitrogen and oxygen atoms in total. The van der Waals surface area contributed by atoms with E-state index in [1.165, 1.54) is 0 Å². The Kier molecular flexibility index (Phi) is 4.37. The van der Waals surface area contributed by atoms with Crippen LogP contribution in [-0.4, -0.2) is 50.0 Å². The van der Waals surface area contributed by atoms with Gasteiger partial charge in [0.15, 0.2) is 5.82 Å². The van der Waals surface area contributed by atoms with Gasteiger partial charge >= 0.3 is 0 Å². The quantitative estimate of drug-likeness (QED) is 0.751. The first-order valence-corrected chi connectivity index (χ1v) is 9.34. The Morgan fingerprint density at radius 1 is 1.30 bits per heavy atom. The molecule has 27 heavy (non-hydrogen) atoms. The molecule has 0 radical (unpaired) electrons. The van der Waals surface area contributed by atoms with E-state index in [0.717, 1.165) is 46.1 Å². The highest BCUT2D eigenvalue weighted by Gasteiger charge is 2.28. The molecule has 0 spiro atoms. The highest BCUT2D eigenvalue weighted by Crippen LogP contribution is 2.40. The van der Waals surface area contributed by atoms with E-state index >= 15 is 0 Å². The molecule has 1 aromatic carbocycles. The minimum absolute atomic E-state index is 0.00261. The summed E-state index contributed by atoms with van der Waals surface area (Å²) < 4.78 is 0. The number of carbonyl (C=O) groups is 1. The van der Waals surface area contributed by atoms with Crippen molar-refractivity contribution in [2.24, 2.45) is 0 Å². The minimum Gasteiger partial charge on any atom is -0.341 e. The van der Waals surface area contributed by atoms with Crippen LogP contribution in [0.1, 0.15) is 64.6 Å². The monoisotopic (exact) mass is 364 g/mol. The van der Waals surface area contributed by atoms with E-state index in [9.17, 15) is 4.79 Å². The summed E-state index contributed by atoms with van der Waals surface area (Å²) in [7, 11) is 1.82. The van der Waals surface area contributed by atoms with Crippen molar-refractivity contribution >= 4 is 16.8 Å². The zero-order chi connectivity index (χ0) is 19.1. The predicted octanol–water partition coefficient (Wildman–Crippen LogP) is 3.12. The number of hydrogen-bond acceptors (Lipinski definition) is 5. The number of aromatic amines is 1. The van der Waals surface area contributed by atoms with Gasteiger partial charge in [0.05, 0.1) is 11.1 Å². The minimum atomic E-state index is -0.00261. The molecule has 0 bridgehead atoms. The summed E-state index contributed by atoms with van der Waals surface area (Å²) in [4.78, 5) is 19.9. The fraction of sp³-hybridized carbons (Fsp3) is 0.450. The van der Waals surface area contributed by atoms with Gasteiger partial charge < -0.3 is 4.90 Å². The van der Waals surface area contributed by atoms with E-state index in [4.69, 9.17) is 4.98 Å². The molecule has 1 amide bonds. The molecule has 3 aromatic rings. The fourth-order valence-corrected chi connectivity index (χ4v) is 3.63. The van der Waals surface area contributed by atoms with Crippen LogP contribution in [0.4, 0.5) is 0 Å². The van der Waals surface area contributed by atoms with Crippen molar-refractivity contribution in [3.8, 4) is 0 Å². The second kappa shape index (κ2) is 6.72. The van der Waals surface area contributed by atoms with Crippen LogP contribution in [0, 0.1) is 13.8 Å². The number of tetrazole rings is 1. The smallest absolute Gasteiger partial charge is 0.254 e. The Bertz CT molecular complexity index is 993. The lowest BCUT2D eigenvalue weighted by Gasteiger charge is -2.21. The highest BCUT2D eigenvalue weighted by atomic mass is 16.2. The van der Waals surface area contributed by atoms with Crippen LogP contribution in [0.5, 0.6) is 0 Å². The number of amides is 1. The second-order valence-electron chi connectivity index (χ2n) is 7.70. The molecule has 1 saturated carbocycles. The highest BCUT2D eigenvalue weighted by molar-refractivity contribution is 6.07. The molecule has 2 heterocycles. The zero-order valence-corrected chi connectivity index (χ0v) is 16.2. The molecule has 0 saturated heterocycles. The Labute approximate surface area is 158 Å². The van der Waals surface area contributed by atoms with Crippen LogP contribution in [-0.2, 0) is 0 Å². The SMILES string of the molecule is Cc1cc(C)c2nc(C3CC3)cc(C(=O)N(C)CC(C)c3nn[nH]n3)c2c1. The summed E-state index contributed by atoms with van der Waals surface area (Å²) in [6.45, 7) is 6.63. The Balaban J connectivity index is 1.71. The van der Waals surface area contributed by atoms with Gasteiger partial charge in [-0.05, 0) is 44.4 Å². The van der Waals surface area contributed by atoms with Gasteiger partial charge in [-0.1, -0.05) is 23.8 Å². The van der Waals surface area contributed by atoms with Crippen molar-refractivity contribution in [1.82, 2.24) is 30.5 Å². The number of nitrogens with one attached hydrogen (secondary N) is 1. The topological polar surface area (TPSA) is 87.7 Å². The Morgan fingerprint density at radius 2 is 2.07 bits per heavy atom. The van der Waals surface area contributed by atoms with E-state index in [-0.39, 0.29) is 11.8 Å². The summed E-state index contributed by atoms with van der Waals surface area (Å²) in [6.07, 6.45) is 2.31. The van der Waals surface area contributed by atoms with Crippen molar-refractivity contribution in [2.75, 3.05) is 13.6 Å². The largest absolute Gasteiger partial charge is 0.341 e. The standard InChI is InChI=1S/C20H24N6O/c1-11-7-12(2)18-15(8-11)16(9-17(21-18)14-5-6-14)20(27)26(4)10-13(3)19-22-24-25-23-19/h7-9,13-14H,5-6,10H2,1-4H3,(H,22,23,24,25). The van der Waals surface area contributed by atoms with Crippen LogP contribution in [0.15, 0.2) is 18.2 Å². The molecule has 7 heteroatoms. The van der Waals surface area contributed by atoms with Crippen LogP contribution >= 0.6 is 0 Å². The van der Waals surface area contributed by atoms with Crippen molar-refractivity contribution in [3.63, 3.8) is 0 Å². The molecule has 0 aliphatic heterocycles. The van der Waals surface area contributed by atoms with Crippen LogP contribution < -0.4 is 0 Å². The molecule has 1 fully saturated rings. The molecule has 4 rings (SSSR count). The number of pyridine rings is 1. The molecule has 1 aliphatic rings. The Hall–Kier alpha value is -2.83. The Morgan fingerprint density at radius 3 is 2.74 bits per heavy atom. The molecule has 1 unspecified atom stereocenters. The summed E-state index contributed by atoms with van der Waals surface area (Å²) in [5.74, 6) is 1.10. The van der Waals surface area contributed by atoms with Gasteiger partial charge in [0.25, 0.3) is 5.91 Å².